The summed E-state index contributed by atoms with van der Waals surface area (Å²) >= 11 is 1.68. The fourth-order valence-electron chi connectivity index (χ4n) is 2.30. The monoisotopic (exact) mass is 279 g/mol. The van der Waals surface area contributed by atoms with E-state index in [0.717, 1.165) is 53.0 Å². The normalized spacial score (nSPS) is 16.2. The molecule has 0 unspecified atom stereocenters. The van der Waals surface area contributed by atoms with Gasteiger partial charge in [0.2, 0.25) is 0 Å². The van der Waals surface area contributed by atoms with Crippen LogP contribution in [0.1, 0.15) is 10.7 Å². The average Bonchev–Trinajstić information content (AvgIpc) is 2.81. The molecule has 2 aromatic rings. The number of morpholine rings is 1. The molecule has 1 fully saturated rings. The summed E-state index contributed by atoms with van der Waals surface area (Å²) in [4.78, 5) is 12.5. The average molecular weight is 279 g/mol. The predicted molar refractivity (Wildman–Crippen MR) is 76.0 cm³/mol. The molecule has 6 heteroatoms. The molecule has 3 heterocycles. The van der Waals surface area contributed by atoms with E-state index >= 15 is 0 Å². The lowest BCUT2D eigenvalue weighted by Crippen LogP contribution is -2.36. The second-order valence-electron chi connectivity index (χ2n) is 4.59. The van der Waals surface area contributed by atoms with Crippen molar-refractivity contribution < 1.29 is 9.84 Å². The molecule has 0 saturated carbocycles. The Labute approximate surface area is 115 Å². The Morgan fingerprint density at radius 1 is 1.37 bits per heavy atom. The Hall–Kier alpha value is -1.24. The second kappa shape index (κ2) is 5.40. The summed E-state index contributed by atoms with van der Waals surface area (Å²) in [6, 6.07) is 2.06. The predicted octanol–water partition coefficient (Wildman–Crippen LogP) is 1.37. The number of hydrogen-bond acceptors (Lipinski definition) is 6. The lowest BCUT2D eigenvalue weighted by Gasteiger charge is -2.28. The van der Waals surface area contributed by atoms with Crippen molar-refractivity contribution in [2.75, 3.05) is 37.8 Å². The fraction of sp³-hybridized carbons (Fsp3) is 0.538. The summed E-state index contributed by atoms with van der Waals surface area (Å²) in [6.07, 6.45) is 0.683. The van der Waals surface area contributed by atoms with Gasteiger partial charge in [-0.3, -0.25) is 0 Å². The first-order valence-electron chi connectivity index (χ1n) is 6.48. The zero-order valence-corrected chi connectivity index (χ0v) is 11.7. The van der Waals surface area contributed by atoms with Crippen molar-refractivity contribution in [3.05, 3.63) is 16.8 Å². The maximum atomic E-state index is 9.06. The molecule has 1 N–H and O–H groups in total. The molecule has 1 saturated heterocycles. The van der Waals surface area contributed by atoms with Gasteiger partial charge >= 0.3 is 0 Å². The number of ether oxygens (including phenoxy) is 1. The van der Waals surface area contributed by atoms with Crippen LogP contribution in [0.5, 0.6) is 0 Å². The highest BCUT2D eigenvalue weighted by Gasteiger charge is 2.18. The molecular weight excluding hydrogens is 262 g/mol. The van der Waals surface area contributed by atoms with Crippen LogP contribution in [-0.4, -0.2) is 48.0 Å². The first kappa shape index (κ1) is 12.8. The minimum atomic E-state index is 0.173. The molecular formula is C13H17N3O2S. The van der Waals surface area contributed by atoms with Gasteiger partial charge in [-0.05, 0) is 13.0 Å². The quantitative estimate of drug-likeness (QED) is 0.919. The van der Waals surface area contributed by atoms with Crippen LogP contribution in [-0.2, 0) is 11.2 Å². The van der Waals surface area contributed by atoms with E-state index in [1.54, 1.807) is 11.3 Å². The van der Waals surface area contributed by atoms with Gasteiger partial charge < -0.3 is 14.7 Å². The van der Waals surface area contributed by atoms with Gasteiger partial charge in [0.25, 0.3) is 0 Å². The van der Waals surface area contributed by atoms with E-state index in [2.05, 4.69) is 20.9 Å². The van der Waals surface area contributed by atoms with Crippen LogP contribution in [0.15, 0.2) is 6.07 Å². The first-order chi connectivity index (χ1) is 9.28. The Bertz CT molecular complexity index is 579. The highest BCUT2D eigenvalue weighted by Crippen LogP contribution is 2.32. The number of fused-ring (bicyclic) bond motifs is 1. The Balaban J connectivity index is 2.05. The van der Waals surface area contributed by atoms with Crippen molar-refractivity contribution in [2.45, 2.75) is 13.3 Å². The van der Waals surface area contributed by atoms with Crippen LogP contribution in [0.2, 0.25) is 0 Å². The van der Waals surface area contributed by atoms with Gasteiger partial charge in [0, 0.05) is 31.0 Å². The van der Waals surface area contributed by atoms with E-state index in [0.29, 0.717) is 6.42 Å². The zero-order chi connectivity index (χ0) is 13.2. The van der Waals surface area contributed by atoms with Crippen LogP contribution in [0.25, 0.3) is 10.2 Å². The van der Waals surface area contributed by atoms with Crippen molar-refractivity contribution in [1.29, 1.82) is 0 Å². The molecule has 0 atom stereocenters. The maximum Gasteiger partial charge on any atom is 0.150 e. The summed E-state index contributed by atoms with van der Waals surface area (Å²) in [5.41, 5.74) is 0.988. The van der Waals surface area contributed by atoms with Gasteiger partial charge in [0.05, 0.1) is 23.4 Å². The standard InChI is InChI=1S/C13H17N3O2S/c1-9-14-11-8-10(2-5-17)19-12(11)13(15-9)16-3-6-18-7-4-16/h8,17H,2-7H2,1H3. The van der Waals surface area contributed by atoms with Gasteiger partial charge in [0.15, 0.2) is 5.82 Å². The molecule has 0 amide bonds. The summed E-state index contributed by atoms with van der Waals surface area (Å²) in [7, 11) is 0. The smallest absolute Gasteiger partial charge is 0.150 e. The van der Waals surface area contributed by atoms with Crippen molar-refractivity contribution in [2.24, 2.45) is 0 Å². The lowest BCUT2D eigenvalue weighted by molar-refractivity contribution is 0.122. The number of aromatic nitrogens is 2. The van der Waals surface area contributed by atoms with E-state index in [1.807, 2.05) is 6.92 Å². The maximum absolute atomic E-state index is 9.06. The molecule has 2 aromatic heterocycles. The third-order valence-electron chi connectivity index (χ3n) is 3.19. The number of rotatable bonds is 3. The Kier molecular flexibility index (Phi) is 3.63. The van der Waals surface area contributed by atoms with Crippen molar-refractivity contribution in [3.8, 4) is 0 Å². The number of thiophene rings is 1. The number of hydrogen-bond donors (Lipinski definition) is 1. The topological polar surface area (TPSA) is 58.5 Å². The first-order valence-corrected chi connectivity index (χ1v) is 7.30. The molecule has 1 aliphatic heterocycles. The lowest BCUT2D eigenvalue weighted by atomic mass is 10.3. The van der Waals surface area contributed by atoms with Gasteiger partial charge in [-0.2, -0.15) is 0 Å². The number of anilines is 1. The van der Waals surface area contributed by atoms with Crippen LogP contribution in [0.3, 0.4) is 0 Å². The number of aliphatic hydroxyl groups is 1. The van der Waals surface area contributed by atoms with Gasteiger partial charge in [0.1, 0.15) is 5.82 Å². The molecule has 19 heavy (non-hydrogen) atoms. The fourth-order valence-corrected chi connectivity index (χ4v) is 3.40. The van der Waals surface area contributed by atoms with Gasteiger partial charge in [-0.1, -0.05) is 0 Å². The summed E-state index contributed by atoms with van der Waals surface area (Å²) < 4.78 is 6.51. The van der Waals surface area contributed by atoms with Gasteiger partial charge in [-0.15, -0.1) is 11.3 Å². The summed E-state index contributed by atoms with van der Waals surface area (Å²) in [5.74, 6) is 1.81. The highest BCUT2D eigenvalue weighted by atomic mass is 32.1. The molecule has 0 spiro atoms. The SMILES string of the molecule is Cc1nc(N2CCOCC2)c2sc(CCO)cc2n1. The zero-order valence-electron chi connectivity index (χ0n) is 10.9. The summed E-state index contributed by atoms with van der Waals surface area (Å²) in [6.45, 7) is 5.34. The van der Waals surface area contributed by atoms with E-state index in [9.17, 15) is 0 Å². The Morgan fingerprint density at radius 2 is 2.16 bits per heavy atom. The van der Waals surface area contributed by atoms with E-state index in [4.69, 9.17) is 9.84 Å². The molecule has 3 rings (SSSR count). The number of nitrogens with zero attached hydrogens (tertiary/aromatic N) is 3. The molecule has 0 bridgehead atoms. The van der Waals surface area contributed by atoms with Crippen LogP contribution >= 0.6 is 11.3 Å². The molecule has 1 aliphatic rings. The number of aliphatic hydroxyl groups excluding tert-OH is 1. The second-order valence-corrected chi connectivity index (χ2v) is 5.73. The largest absolute Gasteiger partial charge is 0.396 e. The van der Waals surface area contributed by atoms with Crippen LogP contribution in [0, 0.1) is 6.92 Å². The van der Waals surface area contributed by atoms with E-state index in [-0.39, 0.29) is 6.61 Å². The third kappa shape index (κ3) is 2.56. The Morgan fingerprint density at radius 3 is 2.89 bits per heavy atom. The van der Waals surface area contributed by atoms with Crippen LogP contribution in [0.4, 0.5) is 5.82 Å². The third-order valence-corrected chi connectivity index (χ3v) is 4.37. The van der Waals surface area contributed by atoms with Crippen molar-refractivity contribution in [1.82, 2.24) is 9.97 Å². The molecule has 5 nitrogen and oxygen atoms in total. The molecule has 0 aromatic carbocycles. The van der Waals surface area contributed by atoms with Crippen molar-refractivity contribution in [3.63, 3.8) is 0 Å². The molecule has 102 valence electrons. The van der Waals surface area contributed by atoms with Gasteiger partial charge in [-0.25, -0.2) is 9.97 Å². The summed E-state index contributed by atoms with van der Waals surface area (Å²) in [5, 5.41) is 9.06. The van der Waals surface area contributed by atoms with E-state index in [1.165, 1.54) is 0 Å². The number of aryl methyl sites for hydroxylation is 1. The van der Waals surface area contributed by atoms with Crippen molar-refractivity contribution >= 4 is 27.4 Å². The minimum absolute atomic E-state index is 0.173. The van der Waals surface area contributed by atoms with E-state index < -0.39 is 0 Å². The van der Waals surface area contributed by atoms with Crippen LogP contribution < -0.4 is 4.90 Å². The minimum Gasteiger partial charge on any atom is -0.396 e. The highest BCUT2D eigenvalue weighted by molar-refractivity contribution is 7.19. The molecule has 0 aliphatic carbocycles. The molecule has 0 radical (unpaired) electrons.